The normalized spacial score (nSPS) is 16.1. The van der Waals surface area contributed by atoms with E-state index in [0.717, 1.165) is 18.4 Å². The summed E-state index contributed by atoms with van der Waals surface area (Å²) in [6.07, 6.45) is 7.56. The first-order valence-corrected chi connectivity index (χ1v) is 6.65. The summed E-state index contributed by atoms with van der Waals surface area (Å²) in [5, 5.41) is 3.01. The monoisotopic (exact) mass is 254 g/mol. The maximum Gasteiger partial charge on any atom is 0.151 e. The number of nitrogen functional groups attached to an aromatic ring is 1. The molecule has 4 heteroatoms. The maximum atomic E-state index is 13.2. The van der Waals surface area contributed by atoms with Crippen molar-refractivity contribution < 1.29 is 8.78 Å². The van der Waals surface area contributed by atoms with Gasteiger partial charge in [0.2, 0.25) is 0 Å². The van der Waals surface area contributed by atoms with E-state index in [2.05, 4.69) is 5.32 Å². The van der Waals surface area contributed by atoms with E-state index in [4.69, 9.17) is 5.73 Å². The molecule has 0 amide bonds. The molecule has 1 aliphatic rings. The third kappa shape index (κ3) is 3.34. The molecule has 18 heavy (non-hydrogen) atoms. The van der Waals surface area contributed by atoms with Gasteiger partial charge < -0.3 is 11.1 Å². The molecule has 0 radical (unpaired) electrons. The van der Waals surface area contributed by atoms with Crippen molar-refractivity contribution in [3.05, 3.63) is 23.8 Å². The smallest absolute Gasteiger partial charge is 0.151 e. The van der Waals surface area contributed by atoms with Crippen LogP contribution in [0.4, 0.5) is 20.2 Å². The summed E-state index contributed by atoms with van der Waals surface area (Å²) < 4.78 is 26.2. The topological polar surface area (TPSA) is 38.0 Å². The number of benzene rings is 1. The average molecular weight is 254 g/mol. The van der Waals surface area contributed by atoms with Gasteiger partial charge in [-0.2, -0.15) is 0 Å². The lowest BCUT2D eigenvalue weighted by Gasteiger charge is -2.12. The Kier molecular flexibility index (Phi) is 4.39. The van der Waals surface area contributed by atoms with Gasteiger partial charge in [0.25, 0.3) is 0 Å². The van der Waals surface area contributed by atoms with Crippen molar-refractivity contribution in [2.75, 3.05) is 17.6 Å². The van der Waals surface area contributed by atoms with E-state index in [-0.39, 0.29) is 5.69 Å². The number of rotatable bonds is 5. The summed E-state index contributed by atoms with van der Waals surface area (Å²) in [6.45, 7) is 0.712. The second kappa shape index (κ2) is 6.03. The van der Waals surface area contributed by atoms with E-state index in [1.807, 2.05) is 0 Å². The number of hydrogen-bond acceptors (Lipinski definition) is 2. The van der Waals surface area contributed by atoms with Gasteiger partial charge in [-0.15, -0.1) is 0 Å². The van der Waals surface area contributed by atoms with E-state index >= 15 is 0 Å². The van der Waals surface area contributed by atoms with Crippen LogP contribution in [-0.2, 0) is 0 Å². The van der Waals surface area contributed by atoms with Gasteiger partial charge in [-0.1, -0.05) is 25.7 Å². The number of hydrogen-bond donors (Lipinski definition) is 2. The first-order chi connectivity index (χ1) is 8.66. The van der Waals surface area contributed by atoms with E-state index in [1.54, 1.807) is 0 Å². The highest BCUT2D eigenvalue weighted by molar-refractivity contribution is 5.66. The Bertz CT molecular complexity index is 401. The molecule has 0 aromatic heterocycles. The van der Waals surface area contributed by atoms with Crippen molar-refractivity contribution in [2.24, 2.45) is 5.92 Å². The van der Waals surface area contributed by atoms with Crippen LogP contribution in [0.25, 0.3) is 0 Å². The van der Waals surface area contributed by atoms with E-state index in [9.17, 15) is 8.78 Å². The summed E-state index contributed by atoms with van der Waals surface area (Å²) in [5.41, 5.74) is 5.91. The van der Waals surface area contributed by atoms with Crippen LogP contribution in [0.5, 0.6) is 0 Å². The molecule has 3 N–H and O–H groups in total. The van der Waals surface area contributed by atoms with Crippen LogP contribution in [0.3, 0.4) is 0 Å². The number of anilines is 2. The highest BCUT2D eigenvalue weighted by atomic mass is 19.1. The van der Waals surface area contributed by atoms with E-state index in [0.29, 0.717) is 12.2 Å². The molecule has 1 fully saturated rings. The van der Waals surface area contributed by atoms with Crippen LogP contribution in [0.15, 0.2) is 12.1 Å². The minimum atomic E-state index is -0.701. The molecule has 1 aromatic carbocycles. The van der Waals surface area contributed by atoms with Crippen LogP contribution in [0, 0.1) is 17.6 Å². The lowest BCUT2D eigenvalue weighted by molar-refractivity contribution is 0.491. The molecule has 0 saturated heterocycles. The standard InChI is InChI=1S/C14H20F2N2/c15-11-8-12(16)14(17)13(9-11)18-7-3-6-10-4-1-2-5-10/h8-10,18H,1-7,17H2. The Labute approximate surface area is 107 Å². The minimum absolute atomic E-state index is 0.00253. The number of nitrogens with one attached hydrogen (secondary N) is 1. The number of nitrogens with two attached hydrogens (primary N) is 1. The van der Waals surface area contributed by atoms with Gasteiger partial charge in [0, 0.05) is 12.6 Å². The quantitative estimate of drug-likeness (QED) is 0.617. The molecule has 100 valence electrons. The predicted molar refractivity (Wildman–Crippen MR) is 70.5 cm³/mol. The molecule has 0 aliphatic heterocycles. The van der Waals surface area contributed by atoms with Gasteiger partial charge >= 0.3 is 0 Å². The molecule has 0 atom stereocenters. The molecule has 0 unspecified atom stereocenters. The van der Waals surface area contributed by atoms with Crippen molar-refractivity contribution in [1.82, 2.24) is 0 Å². The summed E-state index contributed by atoms with van der Waals surface area (Å²) >= 11 is 0. The highest BCUT2D eigenvalue weighted by Gasteiger charge is 2.14. The second-order valence-electron chi connectivity index (χ2n) is 5.07. The first-order valence-electron chi connectivity index (χ1n) is 6.65. The van der Waals surface area contributed by atoms with Gasteiger partial charge in [-0.3, -0.25) is 0 Å². The summed E-state index contributed by atoms with van der Waals surface area (Å²) in [6, 6.07) is 2.05. The molecule has 0 spiro atoms. The lowest BCUT2D eigenvalue weighted by atomic mass is 10.0. The second-order valence-corrected chi connectivity index (χ2v) is 5.07. The molecule has 1 aromatic rings. The van der Waals surface area contributed by atoms with E-state index in [1.165, 1.54) is 38.2 Å². The predicted octanol–water partition coefficient (Wildman–Crippen LogP) is 3.93. The Hall–Kier alpha value is -1.32. The Balaban J connectivity index is 1.79. The van der Waals surface area contributed by atoms with Crippen molar-refractivity contribution >= 4 is 11.4 Å². The summed E-state index contributed by atoms with van der Waals surface area (Å²) in [4.78, 5) is 0. The fourth-order valence-corrected chi connectivity index (χ4v) is 2.64. The molecule has 1 saturated carbocycles. The Morgan fingerprint density at radius 3 is 2.67 bits per heavy atom. The van der Waals surface area contributed by atoms with Gasteiger partial charge in [0.1, 0.15) is 5.82 Å². The van der Waals surface area contributed by atoms with Crippen LogP contribution in [0.1, 0.15) is 38.5 Å². The fourth-order valence-electron chi connectivity index (χ4n) is 2.64. The Morgan fingerprint density at radius 2 is 1.94 bits per heavy atom. The van der Waals surface area contributed by atoms with Crippen LogP contribution >= 0.6 is 0 Å². The van der Waals surface area contributed by atoms with Gasteiger partial charge in [-0.25, -0.2) is 8.78 Å². The van der Waals surface area contributed by atoms with Crippen molar-refractivity contribution in [2.45, 2.75) is 38.5 Å². The van der Waals surface area contributed by atoms with Gasteiger partial charge in [-0.05, 0) is 24.8 Å². The average Bonchev–Trinajstić information content (AvgIpc) is 2.83. The lowest BCUT2D eigenvalue weighted by Crippen LogP contribution is -2.07. The van der Waals surface area contributed by atoms with Crippen LogP contribution < -0.4 is 11.1 Å². The molecule has 0 heterocycles. The van der Waals surface area contributed by atoms with Crippen LogP contribution in [0.2, 0.25) is 0 Å². The van der Waals surface area contributed by atoms with E-state index < -0.39 is 11.6 Å². The maximum absolute atomic E-state index is 13.2. The molecule has 0 bridgehead atoms. The third-order valence-corrected chi connectivity index (χ3v) is 3.67. The van der Waals surface area contributed by atoms with Crippen molar-refractivity contribution in [3.8, 4) is 0 Å². The number of halogens is 2. The first kappa shape index (κ1) is 13.1. The summed E-state index contributed by atoms with van der Waals surface area (Å²) in [7, 11) is 0. The SMILES string of the molecule is Nc1c(F)cc(F)cc1NCCCC1CCCC1. The molecular formula is C14H20F2N2. The molecular weight excluding hydrogens is 234 g/mol. The van der Waals surface area contributed by atoms with Crippen LogP contribution in [-0.4, -0.2) is 6.54 Å². The van der Waals surface area contributed by atoms with Crippen molar-refractivity contribution in [3.63, 3.8) is 0 Å². The zero-order valence-electron chi connectivity index (χ0n) is 10.5. The zero-order valence-corrected chi connectivity index (χ0v) is 10.5. The van der Waals surface area contributed by atoms with Gasteiger partial charge in [0.05, 0.1) is 11.4 Å². The Morgan fingerprint density at radius 1 is 1.22 bits per heavy atom. The summed E-state index contributed by atoms with van der Waals surface area (Å²) in [5.74, 6) is -0.457. The largest absolute Gasteiger partial charge is 0.395 e. The molecule has 2 rings (SSSR count). The van der Waals surface area contributed by atoms with Crippen molar-refractivity contribution in [1.29, 1.82) is 0 Å². The third-order valence-electron chi connectivity index (χ3n) is 3.67. The van der Waals surface area contributed by atoms with Gasteiger partial charge in [0.15, 0.2) is 5.82 Å². The highest BCUT2D eigenvalue weighted by Crippen LogP contribution is 2.29. The minimum Gasteiger partial charge on any atom is -0.395 e. The fraction of sp³-hybridized carbons (Fsp3) is 0.571. The molecule has 2 nitrogen and oxygen atoms in total. The molecule has 1 aliphatic carbocycles. The zero-order chi connectivity index (χ0) is 13.0.